The summed E-state index contributed by atoms with van der Waals surface area (Å²) in [4.78, 5) is 0. The minimum absolute atomic E-state index is 0.146. The van der Waals surface area contributed by atoms with Crippen LogP contribution in [0.25, 0.3) is 0 Å². The molecule has 102 valence electrons. The highest BCUT2D eigenvalue weighted by Crippen LogP contribution is 2.24. The van der Waals surface area contributed by atoms with Gasteiger partial charge in [0, 0.05) is 4.47 Å². The molecule has 7 heteroatoms. The normalized spacial score (nSPS) is 11.5. The van der Waals surface area contributed by atoms with Crippen LogP contribution < -0.4 is 10.5 Å². The molecule has 3 N–H and O–H groups in total. The monoisotopic (exact) mass is 344 g/mol. The molecule has 0 atom stereocenters. The number of hydrogen-bond acceptors (Lipinski definition) is 4. The first kappa shape index (κ1) is 14.1. The van der Waals surface area contributed by atoms with Crippen molar-refractivity contribution in [1.29, 1.82) is 0 Å². The fourth-order valence-corrected chi connectivity index (χ4v) is 2.95. The predicted octanol–water partition coefficient (Wildman–Crippen LogP) is 2.61. The highest BCUT2D eigenvalue weighted by molar-refractivity contribution is 9.10. The number of halogens is 1. The second-order valence-electron chi connectivity index (χ2n) is 3.99. The van der Waals surface area contributed by atoms with Crippen molar-refractivity contribution in [3.63, 3.8) is 0 Å². The van der Waals surface area contributed by atoms with Crippen LogP contribution in [-0.4, -0.2) is 8.42 Å². The van der Waals surface area contributed by atoms with Crippen LogP contribution in [0.4, 0.5) is 5.69 Å². The summed E-state index contributed by atoms with van der Waals surface area (Å²) in [5, 5.41) is -0.146. The van der Waals surface area contributed by atoms with Gasteiger partial charge in [0.2, 0.25) is 5.09 Å². The van der Waals surface area contributed by atoms with Crippen LogP contribution in [0.3, 0.4) is 0 Å². The summed E-state index contributed by atoms with van der Waals surface area (Å²) in [5.74, 6) is 0.423. The van der Waals surface area contributed by atoms with Crippen molar-refractivity contribution >= 4 is 31.6 Å². The number of nitrogens with two attached hydrogens (primary N) is 1. The number of rotatable bonds is 4. The average Bonchev–Trinajstić information content (AvgIpc) is 2.83. The van der Waals surface area contributed by atoms with Crippen LogP contribution in [0.1, 0.15) is 11.3 Å². The average molecular weight is 345 g/mol. The number of benzene rings is 1. The lowest BCUT2D eigenvalue weighted by Crippen LogP contribution is -2.13. The van der Waals surface area contributed by atoms with Crippen molar-refractivity contribution in [2.75, 3.05) is 4.72 Å². The Morgan fingerprint density at radius 2 is 2.05 bits per heavy atom. The highest BCUT2D eigenvalue weighted by atomic mass is 79.9. The molecular formula is C12H13BrN2O3S. The zero-order valence-corrected chi connectivity index (χ0v) is 12.6. The first-order valence-electron chi connectivity index (χ1n) is 5.50. The molecule has 0 aliphatic heterocycles. The molecule has 19 heavy (non-hydrogen) atoms. The molecule has 5 nitrogen and oxygen atoms in total. The van der Waals surface area contributed by atoms with Crippen LogP contribution in [-0.2, 0) is 16.6 Å². The SMILES string of the molecule is Cc1ccc(Br)cc1NS(=O)(=O)c1ccc(CN)o1. The van der Waals surface area contributed by atoms with E-state index in [-0.39, 0.29) is 11.6 Å². The van der Waals surface area contributed by atoms with Gasteiger partial charge in [0.15, 0.2) is 0 Å². The Hall–Kier alpha value is -1.31. The highest BCUT2D eigenvalue weighted by Gasteiger charge is 2.19. The van der Waals surface area contributed by atoms with Gasteiger partial charge in [-0.2, -0.15) is 8.42 Å². The van der Waals surface area contributed by atoms with Gasteiger partial charge in [0.05, 0.1) is 12.2 Å². The number of anilines is 1. The Morgan fingerprint density at radius 1 is 1.32 bits per heavy atom. The molecule has 0 spiro atoms. The molecule has 0 amide bonds. The van der Waals surface area contributed by atoms with E-state index in [1.807, 2.05) is 19.1 Å². The van der Waals surface area contributed by atoms with E-state index in [1.54, 1.807) is 12.1 Å². The fourth-order valence-electron chi connectivity index (χ4n) is 1.51. The lowest BCUT2D eigenvalue weighted by Gasteiger charge is -2.09. The van der Waals surface area contributed by atoms with E-state index < -0.39 is 10.0 Å². The van der Waals surface area contributed by atoms with Crippen LogP contribution in [0.5, 0.6) is 0 Å². The molecule has 1 aromatic heterocycles. The van der Waals surface area contributed by atoms with E-state index in [9.17, 15) is 8.42 Å². The molecule has 0 bridgehead atoms. The van der Waals surface area contributed by atoms with Gasteiger partial charge in [0.25, 0.3) is 10.0 Å². The van der Waals surface area contributed by atoms with Gasteiger partial charge in [-0.1, -0.05) is 22.0 Å². The van der Waals surface area contributed by atoms with E-state index in [0.29, 0.717) is 11.4 Å². The standard InChI is InChI=1S/C12H13BrN2O3S/c1-8-2-3-9(13)6-11(8)15-19(16,17)12-5-4-10(7-14)18-12/h2-6,15H,7,14H2,1H3. The summed E-state index contributed by atoms with van der Waals surface area (Å²) in [6.45, 7) is 1.98. The third-order valence-corrected chi connectivity index (χ3v) is 4.28. The molecule has 0 saturated carbocycles. The van der Waals surface area contributed by atoms with Crippen LogP contribution in [0, 0.1) is 6.92 Å². The lowest BCUT2D eigenvalue weighted by atomic mass is 10.2. The van der Waals surface area contributed by atoms with Crippen molar-refractivity contribution in [2.45, 2.75) is 18.6 Å². The zero-order valence-electron chi connectivity index (χ0n) is 10.2. The predicted molar refractivity (Wildman–Crippen MR) is 76.3 cm³/mol. The topological polar surface area (TPSA) is 85.3 Å². The molecule has 0 fully saturated rings. The van der Waals surface area contributed by atoms with Gasteiger partial charge in [0.1, 0.15) is 5.76 Å². The van der Waals surface area contributed by atoms with Gasteiger partial charge >= 0.3 is 0 Å². The molecule has 1 aromatic carbocycles. The number of sulfonamides is 1. The van der Waals surface area contributed by atoms with Crippen LogP contribution in [0.2, 0.25) is 0 Å². The second kappa shape index (κ2) is 5.36. The number of aryl methyl sites for hydroxylation is 1. The first-order valence-corrected chi connectivity index (χ1v) is 7.78. The number of nitrogens with one attached hydrogen (secondary N) is 1. The van der Waals surface area contributed by atoms with Gasteiger partial charge in [-0.15, -0.1) is 0 Å². The molecule has 0 unspecified atom stereocenters. The van der Waals surface area contributed by atoms with E-state index in [0.717, 1.165) is 10.0 Å². The summed E-state index contributed by atoms with van der Waals surface area (Å²) in [6.07, 6.45) is 0. The van der Waals surface area contributed by atoms with Gasteiger partial charge in [-0.3, -0.25) is 4.72 Å². The van der Waals surface area contributed by atoms with Crippen LogP contribution in [0.15, 0.2) is 44.3 Å². The molecule has 1 heterocycles. The van der Waals surface area contributed by atoms with Crippen molar-refractivity contribution in [2.24, 2.45) is 5.73 Å². The molecule has 2 rings (SSSR count). The Bertz CT molecular complexity index is 695. The van der Waals surface area contributed by atoms with Crippen molar-refractivity contribution in [1.82, 2.24) is 0 Å². The van der Waals surface area contributed by atoms with E-state index in [1.165, 1.54) is 6.07 Å². The maximum Gasteiger partial charge on any atom is 0.295 e. The van der Waals surface area contributed by atoms with Gasteiger partial charge < -0.3 is 10.2 Å². The summed E-state index contributed by atoms with van der Waals surface area (Å²) < 4.78 is 32.7. The van der Waals surface area contributed by atoms with Gasteiger partial charge in [-0.25, -0.2) is 0 Å². The lowest BCUT2D eigenvalue weighted by molar-refractivity contribution is 0.417. The van der Waals surface area contributed by atoms with Crippen LogP contribution >= 0.6 is 15.9 Å². The van der Waals surface area contributed by atoms with Crippen molar-refractivity contribution < 1.29 is 12.8 Å². The van der Waals surface area contributed by atoms with E-state index in [2.05, 4.69) is 20.7 Å². The van der Waals surface area contributed by atoms with Crippen molar-refractivity contribution in [3.8, 4) is 0 Å². The zero-order chi connectivity index (χ0) is 14.0. The van der Waals surface area contributed by atoms with Crippen molar-refractivity contribution in [3.05, 3.63) is 46.1 Å². The minimum Gasteiger partial charge on any atom is -0.446 e. The second-order valence-corrected chi connectivity index (χ2v) is 6.52. The molecule has 0 aliphatic carbocycles. The summed E-state index contributed by atoms with van der Waals surface area (Å²) in [6, 6.07) is 8.28. The van der Waals surface area contributed by atoms with E-state index >= 15 is 0 Å². The third kappa shape index (κ3) is 3.17. The largest absolute Gasteiger partial charge is 0.446 e. The Balaban J connectivity index is 2.33. The summed E-state index contributed by atoms with van der Waals surface area (Å²) >= 11 is 3.30. The molecule has 0 radical (unpaired) electrons. The molecule has 0 saturated heterocycles. The quantitative estimate of drug-likeness (QED) is 0.892. The Morgan fingerprint density at radius 3 is 2.68 bits per heavy atom. The maximum absolute atomic E-state index is 12.1. The number of furan rings is 1. The van der Waals surface area contributed by atoms with E-state index in [4.69, 9.17) is 10.2 Å². The fraction of sp³-hybridized carbons (Fsp3) is 0.167. The number of hydrogen-bond donors (Lipinski definition) is 2. The minimum atomic E-state index is -3.73. The Labute approximate surface area is 120 Å². The Kier molecular flexibility index (Phi) is 3.98. The maximum atomic E-state index is 12.1. The first-order chi connectivity index (χ1) is 8.92. The van der Waals surface area contributed by atoms with Gasteiger partial charge in [-0.05, 0) is 36.8 Å². The molecule has 2 aromatic rings. The summed E-state index contributed by atoms with van der Waals surface area (Å²) in [7, 11) is -3.73. The smallest absolute Gasteiger partial charge is 0.295 e. The summed E-state index contributed by atoms with van der Waals surface area (Å²) in [5.41, 5.74) is 6.70. The molecule has 0 aliphatic rings. The third-order valence-electron chi connectivity index (χ3n) is 2.55. The molecular weight excluding hydrogens is 332 g/mol.